The van der Waals surface area contributed by atoms with Crippen LogP contribution < -0.4 is 11.2 Å². The normalized spacial score (nSPS) is 15.1. The minimum atomic E-state index is -1.64. The number of aliphatic hydroxyl groups excluding tert-OH is 4. The highest BCUT2D eigenvalue weighted by Gasteiger charge is 2.28. The van der Waals surface area contributed by atoms with E-state index in [4.69, 9.17) is 5.11 Å². The standard InChI is InChI=1S/C20H26N4O6/c1-9(2)24-19(29)16-18(22-20(24)30)23(7-14(26)17(28)15(27)8-25)13-6-11(4)10(3)5-12(13)21-16/h5-6,9,14-15,17,25-28H,7-8H2,1-4H3. The summed E-state index contributed by atoms with van der Waals surface area (Å²) in [6.45, 7) is 6.14. The van der Waals surface area contributed by atoms with Gasteiger partial charge in [-0.2, -0.15) is 4.98 Å². The van der Waals surface area contributed by atoms with Gasteiger partial charge in [-0.1, -0.05) is 0 Å². The molecule has 2 heterocycles. The van der Waals surface area contributed by atoms with E-state index in [1.54, 1.807) is 26.0 Å². The van der Waals surface area contributed by atoms with E-state index in [2.05, 4.69) is 9.97 Å². The predicted octanol–water partition coefficient (Wildman–Crippen LogP) is -0.669. The van der Waals surface area contributed by atoms with Gasteiger partial charge in [0.15, 0.2) is 11.5 Å². The molecule has 10 heteroatoms. The molecule has 0 aromatic heterocycles. The molecule has 0 amide bonds. The Hall–Kier alpha value is -2.66. The molecular weight excluding hydrogens is 392 g/mol. The Kier molecular flexibility index (Phi) is 6.04. The van der Waals surface area contributed by atoms with Gasteiger partial charge >= 0.3 is 5.69 Å². The maximum absolute atomic E-state index is 13.0. The van der Waals surface area contributed by atoms with Crippen LogP contribution in [0, 0.1) is 13.8 Å². The Bertz CT molecular complexity index is 1170. The van der Waals surface area contributed by atoms with Crippen LogP contribution in [0.4, 0.5) is 0 Å². The Balaban J connectivity index is 2.35. The number of aromatic nitrogens is 4. The zero-order chi connectivity index (χ0) is 22.3. The summed E-state index contributed by atoms with van der Waals surface area (Å²) in [4.78, 5) is 34.0. The molecule has 162 valence electrons. The van der Waals surface area contributed by atoms with Crippen LogP contribution in [0.5, 0.6) is 0 Å². The van der Waals surface area contributed by atoms with Crippen molar-refractivity contribution in [2.24, 2.45) is 0 Å². The molecule has 0 spiro atoms. The van der Waals surface area contributed by atoms with Crippen molar-refractivity contribution in [1.29, 1.82) is 0 Å². The van der Waals surface area contributed by atoms with Crippen molar-refractivity contribution >= 4 is 11.0 Å². The molecular formula is C20H26N4O6. The van der Waals surface area contributed by atoms with Gasteiger partial charge in [0, 0.05) is 6.04 Å². The second-order valence-electron chi connectivity index (χ2n) is 7.79. The summed E-state index contributed by atoms with van der Waals surface area (Å²) in [7, 11) is 0. The van der Waals surface area contributed by atoms with Crippen LogP contribution in [0.15, 0.2) is 21.7 Å². The van der Waals surface area contributed by atoms with Crippen molar-refractivity contribution < 1.29 is 20.4 Å². The van der Waals surface area contributed by atoms with Gasteiger partial charge in [-0.25, -0.2) is 9.78 Å². The molecule has 4 N–H and O–H groups in total. The third-order valence-corrected chi connectivity index (χ3v) is 5.27. The number of rotatable bonds is 6. The number of fused-ring (bicyclic) bond motifs is 2. The molecule has 3 rings (SSSR count). The van der Waals surface area contributed by atoms with Crippen LogP contribution in [-0.2, 0) is 6.54 Å². The monoisotopic (exact) mass is 418 g/mol. The largest absolute Gasteiger partial charge is 0.394 e. The highest BCUT2D eigenvalue weighted by molar-refractivity contribution is 5.81. The first kappa shape index (κ1) is 22.0. The van der Waals surface area contributed by atoms with Crippen molar-refractivity contribution in [3.05, 3.63) is 44.1 Å². The predicted molar refractivity (Wildman–Crippen MR) is 110 cm³/mol. The van der Waals surface area contributed by atoms with E-state index in [-0.39, 0.29) is 18.1 Å². The van der Waals surface area contributed by atoms with Gasteiger partial charge in [0.25, 0.3) is 5.56 Å². The van der Waals surface area contributed by atoms with Crippen LogP contribution in [0.1, 0.15) is 31.0 Å². The molecule has 3 unspecified atom stereocenters. The van der Waals surface area contributed by atoms with Crippen molar-refractivity contribution in [3.8, 4) is 11.5 Å². The second kappa shape index (κ2) is 8.23. The topological polar surface area (TPSA) is 151 Å². The first-order valence-electron chi connectivity index (χ1n) is 9.65. The van der Waals surface area contributed by atoms with Crippen molar-refractivity contribution in [1.82, 2.24) is 19.1 Å². The van der Waals surface area contributed by atoms with Crippen LogP contribution in [0.2, 0.25) is 0 Å². The molecule has 1 aromatic carbocycles. The van der Waals surface area contributed by atoms with E-state index in [1.165, 1.54) is 4.57 Å². The Morgan fingerprint density at radius 2 is 1.63 bits per heavy atom. The lowest BCUT2D eigenvalue weighted by atomic mass is 10.1. The molecule has 0 saturated heterocycles. The average Bonchev–Trinajstić information content (AvgIpc) is 2.68. The van der Waals surface area contributed by atoms with Crippen molar-refractivity contribution in [3.63, 3.8) is 0 Å². The molecule has 0 aliphatic carbocycles. The lowest BCUT2D eigenvalue weighted by Gasteiger charge is -2.25. The average molecular weight is 418 g/mol. The molecule has 2 aliphatic rings. The summed E-state index contributed by atoms with van der Waals surface area (Å²) >= 11 is 0. The van der Waals surface area contributed by atoms with Gasteiger partial charge in [-0.05, 0) is 51.0 Å². The summed E-state index contributed by atoms with van der Waals surface area (Å²) in [5, 5.41) is 39.2. The second-order valence-corrected chi connectivity index (χ2v) is 7.79. The summed E-state index contributed by atoms with van der Waals surface area (Å²) in [6.07, 6.45) is -4.70. The third kappa shape index (κ3) is 3.74. The van der Waals surface area contributed by atoms with Crippen molar-refractivity contribution in [2.45, 2.75) is 58.6 Å². The van der Waals surface area contributed by atoms with Gasteiger partial charge in [-0.3, -0.25) is 9.36 Å². The highest BCUT2D eigenvalue weighted by Crippen LogP contribution is 2.25. The minimum absolute atomic E-state index is 0.0256. The maximum Gasteiger partial charge on any atom is 0.352 e. The molecule has 10 nitrogen and oxygen atoms in total. The van der Waals surface area contributed by atoms with E-state index in [9.17, 15) is 24.9 Å². The van der Waals surface area contributed by atoms with Gasteiger partial charge in [-0.15, -0.1) is 0 Å². The van der Waals surface area contributed by atoms with Crippen LogP contribution in [-0.4, -0.2) is 64.4 Å². The number of hydrogen-bond acceptors (Lipinski definition) is 8. The number of hydrogen-bond donors (Lipinski definition) is 4. The molecule has 2 aliphatic heterocycles. The summed E-state index contributed by atoms with van der Waals surface area (Å²) in [5.74, 6) is -0.0256. The first-order chi connectivity index (χ1) is 14.1. The molecule has 0 saturated carbocycles. The van der Waals surface area contributed by atoms with Gasteiger partial charge in [0.05, 0.1) is 24.2 Å². The number of benzene rings is 1. The Morgan fingerprint density at radius 1 is 1.00 bits per heavy atom. The molecule has 3 atom stereocenters. The van der Waals surface area contributed by atoms with Gasteiger partial charge in [0.2, 0.25) is 0 Å². The quantitative estimate of drug-likeness (QED) is 0.385. The number of aryl methyl sites for hydroxylation is 2. The highest BCUT2D eigenvalue weighted by atomic mass is 16.4. The lowest BCUT2D eigenvalue weighted by molar-refractivity contribution is -0.0802. The fourth-order valence-electron chi connectivity index (χ4n) is 3.41. The fraction of sp³-hybridized carbons (Fsp3) is 0.500. The minimum Gasteiger partial charge on any atom is -0.394 e. The van der Waals surface area contributed by atoms with E-state index < -0.39 is 42.2 Å². The number of nitrogens with zero attached hydrogens (tertiary/aromatic N) is 4. The van der Waals surface area contributed by atoms with Crippen molar-refractivity contribution in [2.75, 3.05) is 6.61 Å². The molecule has 0 bridgehead atoms. The van der Waals surface area contributed by atoms with E-state index in [0.29, 0.717) is 11.0 Å². The maximum atomic E-state index is 13.0. The zero-order valence-corrected chi connectivity index (χ0v) is 17.3. The lowest BCUT2D eigenvalue weighted by Crippen LogP contribution is -2.43. The van der Waals surface area contributed by atoms with E-state index >= 15 is 0 Å². The first-order valence-corrected chi connectivity index (χ1v) is 9.65. The molecule has 1 aromatic rings. The SMILES string of the molecule is Cc1cc2nc3c(=O)n(C(C)C)c(=O)nc-3n(CC(O)C(O)C(O)CO)c2cc1C. The fourth-order valence-corrected chi connectivity index (χ4v) is 3.41. The smallest absolute Gasteiger partial charge is 0.352 e. The molecule has 0 radical (unpaired) electrons. The Labute approximate surface area is 172 Å². The Morgan fingerprint density at radius 3 is 2.23 bits per heavy atom. The van der Waals surface area contributed by atoms with E-state index in [0.717, 1.165) is 15.7 Å². The zero-order valence-electron chi connectivity index (χ0n) is 17.3. The third-order valence-electron chi connectivity index (χ3n) is 5.27. The van der Waals surface area contributed by atoms with Crippen LogP contribution >= 0.6 is 0 Å². The van der Waals surface area contributed by atoms with E-state index in [1.807, 2.05) is 13.8 Å². The molecule has 30 heavy (non-hydrogen) atoms. The van der Waals surface area contributed by atoms with Crippen LogP contribution in [0.3, 0.4) is 0 Å². The van der Waals surface area contributed by atoms with Crippen LogP contribution in [0.25, 0.3) is 22.6 Å². The summed E-state index contributed by atoms with van der Waals surface area (Å²) in [6, 6.07) is 3.16. The number of aliphatic hydroxyl groups is 4. The summed E-state index contributed by atoms with van der Waals surface area (Å²) < 4.78 is 2.45. The van der Waals surface area contributed by atoms with Gasteiger partial charge in [0.1, 0.15) is 18.3 Å². The van der Waals surface area contributed by atoms with Gasteiger partial charge < -0.3 is 25.0 Å². The molecule has 0 fully saturated rings. The summed E-state index contributed by atoms with van der Waals surface area (Å²) in [5.41, 5.74) is 1.44.